The van der Waals surface area contributed by atoms with Gasteiger partial charge in [-0.25, -0.2) is 0 Å². The van der Waals surface area contributed by atoms with Gasteiger partial charge in [0.05, 0.1) is 29.4 Å². The van der Waals surface area contributed by atoms with Crippen molar-refractivity contribution in [1.82, 2.24) is 4.98 Å². The topological polar surface area (TPSA) is 48.4 Å². The van der Waals surface area contributed by atoms with E-state index < -0.39 is 5.60 Å². The average Bonchev–Trinajstić information content (AvgIpc) is 2.52. The van der Waals surface area contributed by atoms with Crippen molar-refractivity contribution in [2.45, 2.75) is 51.0 Å². The van der Waals surface area contributed by atoms with Gasteiger partial charge in [-0.05, 0) is 31.7 Å². The second-order valence-electron chi connectivity index (χ2n) is 6.60. The van der Waals surface area contributed by atoms with Crippen molar-refractivity contribution in [3.8, 4) is 0 Å². The lowest BCUT2D eigenvalue weighted by atomic mass is 9.71. The summed E-state index contributed by atoms with van der Waals surface area (Å²) in [5.41, 5.74) is 1.88. The standard InChI is InChI=1S/C17H27N3O/c1-2-8-19-15-10-16(12-18-11-15)20-9-7-17(21)6-4-3-5-14(17)13-20/h10-12,14,19,21H,2-9,13H2,1H3. The van der Waals surface area contributed by atoms with Gasteiger partial charge in [0.1, 0.15) is 0 Å². The highest BCUT2D eigenvalue weighted by Crippen LogP contribution is 2.40. The van der Waals surface area contributed by atoms with E-state index in [1.807, 2.05) is 12.4 Å². The number of pyridine rings is 1. The zero-order chi connectivity index (χ0) is 14.7. The summed E-state index contributed by atoms with van der Waals surface area (Å²) in [5.74, 6) is 0.423. The van der Waals surface area contributed by atoms with Crippen LogP contribution in [0.25, 0.3) is 0 Å². The zero-order valence-electron chi connectivity index (χ0n) is 13.0. The molecule has 4 nitrogen and oxygen atoms in total. The maximum atomic E-state index is 10.8. The number of nitrogens with one attached hydrogen (secondary N) is 1. The minimum atomic E-state index is -0.403. The molecule has 4 heteroatoms. The number of rotatable bonds is 4. The predicted molar refractivity (Wildman–Crippen MR) is 86.8 cm³/mol. The molecule has 0 spiro atoms. The third-order valence-electron chi connectivity index (χ3n) is 5.10. The molecular weight excluding hydrogens is 262 g/mol. The van der Waals surface area contributed by atoms with Crippen LogP contribution in [0.2, 0.25) is 0 Å². The van der Waals surface area contributed by atoms with Gasteiger partial charge in [0.2, 0.25) is 0 Å². The maximum Gasteiger partial charge on any atom is 0.0709 e. The largest absolute Gasteiger partial charge is 0.389 e. The van der Waals surface area contributed by atoms with Gasteiger partial charge in [-0.15, -0.1) is 0 Å². The fraction of sp³-hybridized carbons (Fsp3) is 0.706. The lowest BCUT2D eigenvalue weighted by Gasteiger charge is -2.48. The third-order valence-corrected chi connectivity index (χ3v) is 5.10. The van der Waals surface area contributed by atoms with E-state index >= 15 is 0 Å². The third kappa shape index (κ3) is 3.15. The molecule has 1 aliphatic heterocycles. The summed E-state index contributed by atoms with van der Waals surface area (Å²) in [6.45, 7) is 5.05. The minimum absolute atomic E-state index is 0.403. The van der Waals surface area contributed by atoms with Gasteiger partial charge in [-0.3, -0.25) is 4.98 Å². The van der Waals surface area contributed by atoms with E-state index in [1.165, 1.54) is 18.5 Å². The quantitative estimate of drug-likeness (QED) is 0.894. The second kappa shape index (κ2) is 6.22. The van der Waals surface area contributed by atoms with Gasteiger partial charge in [-0.2, -0.15) is 0 Å². The Morgan fingerprint density at radius 1 is 1.38 bits per heavy atom. The monoisotopic (exact) mass is 289 g/mol. The van der Waals surface area contributed by atoms with E-state index in [0.29, 0.717) is 5.92 Å². The number of aliphatic hydroxyl groups is 1. The molecule has 21 heavy (non-hydrogen) atoms. The molecule has 0 amide bonds. The van der Waals surface area contributed by atoms with Gasteiger partial charge >= 0.3 is 0 Å². The summed E-state index contributed by atoms with van der Waals surface area (Å²) >= 11 is 0. The average molecular weight is 289 g/mol. The Morgan fingerprint density at radius 3 is 3.14 bits per heavy atom. The van der Waals surface area contributed by atoms with E-state index in [9.17, 15) is 5.11 Å². The van der Waals surface area contributed by atoms with E-state index in [-0.39, 0.29) is 0 Å². The van der Waals surface area contributed by atoms with Crippen LogP contribution in [0.4, 0.5) is 11.4 Å². The number of piperidine rings is 1. The van der Waals surface area contributed by atoms with Gasteiger partial charge in [-0.1, -0.05) is 19.8 Å². The van der Waals surface area contributed by atoms with Gasteiger partial charge < -0.3 is 15.3 Å². The SMILES string of the molecule is CCCNc1cncc(N2CCC3(O)CCCCC3C2)c1. The van der Waals surface area contributed by atoms with Crippen LogP contribution in [0.15, 0.2) is 18.5 Å². The molecular formula is C17H27N3O. The van der Waals surface area contributed by atoms with Crippen molar-refractivity contribution < 1.29 is 5.11 Å². The van der Waals surface area contributed by atoms with Crippen LogP contribution in [-0.2, 0) is 0 Å². The summed E-state index contributed by atoms with van der Waals surface area (Å²) in [4.78, 5) is 6.76. The van der Waals surface area contributed by atoms with Crippen molar-refractivity contribution in [3.05, 3.63) is 18.5 Å². The number of fused-ring (bicyclic) bond motifs is 1. The normalized spacial score (nSPS) is 29.0. The Balaban J connectivity index is 1.70. The number of nitrogens with zero attached hydrogens (tertiary/aromatic N) is 2. The Labute approximate surface area is 127 Å². The fourth-order valence-electron chi connectivity index (χ4n) is 3.77. The molecule has 1 aliphatic carbocycles. The molecule has 1 aromatic heterocycles. The van der Waals surface area contributed by atoms with Crippen LogP contribution in [0.3, 0.4) is 0 Å². The molecule has 2 unspecified atom stereocenters. The molecule has 2 N–H and O–H groups in total. The number of hydrogen-bond acceptors (Lipinski definition) is 4. The van der Waals surface area contributed by atoms with E-state index in [2.05, 4.69) is 28.2 Å². The Kier molecular flexibility index (Phi) is 4.34. The molecule has 2 fully saturated rings. The van der Waals surface area contributed by atoms with Crippen molar-refractivity contribution in [2.24, 2.45) is 5.92 Å². The van der Waals surface area contributed by atoms with Crippen LogP contribution in [0.5, 0.6) is 0 Å². The molecule has 2 heterocycles. The molecule has 1 aromatic rings. The highest BCUT2D eigenvalue weighted by Gasteiger charge is 2.42. The Bertz CT molecular complexity index is 479. The zero-order valence-corrected chi connectivity index (χ0v) is 13.0. The summed E-state index contributed by atoms with van der Waals surface area (Å²) in [6.07, 6.45) is 10.4. The molecule has 0 aromatic carbocycles. The van der Waals surface area contributed by atoms with Crippen LogP contribution in [0, 0.1) is 5.92 Å². The van der Waals surface area contributed by atoms with Gasteiger partial charge in [0, 0.05) is 25.6 Å². The highest BCUT2D eigenvalue weighted by molar-refractivity contribution is 5.56. The predicted octanol–water partition coefficient (Wildman–Crippen LogP) is 3.03. The first-order valence-electron chi connectivity index (χ1n) is 8.37. The van der Waals surface area contributed by atoms with Crippen molar-refractivity contribution in [2.75, 3.05) is 29.9 Å². The summed E-state index contributed by atoms with van der Waals surface area (Å²) in [5, 5.41) is 14.2. The smallest absolute Gasteiger partial charge is 0.0709 e. The van der Waals surface area contributed by atoms with Crippen LogP contribution < -0.4 is 10.2 Å². The molecule has 0 bridgehead atoms. The van der Waals surface area contributed by atoms with Crippen molar-refractivity contribution >= 4 is 11.4 Å². The molecule has 2 atom stereocenters. The second-order valence-corrected chi connectivity index (χ2v) is 6.60. The molecule has 3 rings (SSSR count). The molecule has 116 valence electrons. The van der Waals surface area contributed by atoms with E-state index in [0.717, 1.165) is 51.0 Å². The summed E-state index contributed by atoms with van der Waals surface area (Å²) in [6, 6.07) is 2.19. The van der Waals surface area contributed by atoms with Gasteiger partial charge in [0.25, 0.3) is 0 Å². The number of hydrogen-bond donors (Lipinski definition) is 2. The van der Waals surface area contributed by atoms with Crippen molar-refractivity contribution in [3.63, 3.8) is 0 Å². The van der Waals surface area contributed by atoms with E-state index in [1.54, 1.807) is 0 Å². The lowest BCUT2D eigenvalue weighted by molar-refractivity contribution is -0.0612. The van der Waals surface area contributed by atoms with Crippen molar-refractivity contribution in [1.29, 1.82) is 0 Å². The first kappa shape index (κ1) is 14.6. The maximum absolute atomic E-state index is 10.8. The Hall–Kier alpha value is -1.29. The number of anilines is 2. The van der Waals surface area contributed by atoms with Crippen LogP contribution in [0.1, 0.15) is 45.4 Å². The number of aromatic nitrogens is 1. The summed E-state index contributed by atoms with van der Waals surface area (Å²) in [7, 11) is 0. The Morgan fingerprint density at radius 2 is 2.29 bits per heavy atom. The molecule has 2 aliphatic rings. The highest BCUT2D eigenvalue weighted by atomic mass is 16.3. The first-order chi connectivity index (χ1) is 10.2. The van der Waals surface area contributed by atoms with E-state index in [4.69, 9.17) is 0 Å². The first-order valence-corrected chi connectivity index (χ1v) is 8.37. The molecule has 1 saturated carbocycles. The summed E-state index contributed by atoms with van der Waals surface area (Å²) < 4.78 is 0. The minimum Gasteiger partial charge on any atom is -0.389 e. The van der Waals surface area contributed by atoms with Crippen LogP contribution in [-0.4, -0.2) is 35.3 Å². The van der Waals surface area contributed by atoms with Crippen LogP contribution >= 0.6 is 0 Å². The molecule has 1 saturated heterocycles. The molecule has 0 radical (unpaired) electrons. The lowest BCUT2D eigenvalue weighted by Crippen LogP contribution is -2.53. The fourth-order valence-corrected chi connectivity index (χ4v) is 3.77. The van der Waals surface area contributed by atoms with Gasteiger partial charge in [0.15, 0.2) is 0 Å².